The highest BCUT2D eigenvalue weighted by Gasteiger charge is 2.65. The number of Topliss-reactive ketones (excluding diaryl/α,β-unsaturated/α-hetero) is 1. The molecule has 3 rings (SSSR count). The predicted octanol–water partition coefficient (Wildman–Crippen LogP) is 7.86. The Hall–Kier alpha value is -0.330. The Morgan fingerprint density at radius 1 is 0.808 bits per heavy atom. The zero-order valence-electron chi connectivity index (χ0n) is 17.8. The molecule has 2 spiro atoms. The molecule has 3 aliphatic rings. The van der Waals surface area contributed by atoms with Crippen LogP contribution in [0.2, 0.25) is 0 Å². The topological polar surface area (TPSA) is 17.1 Å². The molecule has 0 saturated heterocycles. The highest BCUT2D eigenvalue weighted by atomic mass is 16.1. The Morgan fingerprint density at radius 2 is 1.54 bits per heavy atom. The summed E-state index contributed by atoms with van der Waals surface area (Å²) in [6, 6.07) is 0. The van der Waals surface area contributed by atoms with Crippen LogP contribution < -0.4 is 0 Å². The van der Waals surface area contributed by atoms with Gasteiger partial charge in [-0.25, -0.2) is 0 Å². The fourth-order valence-electron chi connectivity index (χ4n) is 6.86. The number of unbranched alkanes of at least 4 members (excludes halogenated alkanes) is 5. The Kier molecular flexibility index (Phi) is 7.25. The third-order valence-corrected chi connectivity index (χ3v) is 8.48. The number of rotatable bonds is 9. The molecule has 0 aromatic carbocycles. The van der Waals surface area contributed by atoms with Crippen LogP contribution in [0, 0.1) is 22.7 Å². The lowest BCUT2D eigenvalue weighted by molar-refractivity contribution is -0.176. The number of ketones is 1. The van der Waals surface area contributed by atoms with E-state index in [9.17, 15) is 4.79 Å². The van der Waals surface area contributed by atoms with E-state index in [1.165, 1.54) is 116 Å². The zero-order valence-corrected chi connectivity index (χ0v) is 17.8. The van der Waals surface area contributed by atoms with Crippen LogP contribution in [0.3, 0.4) is 0 Å². The lowest BCUT2D eigenvalue weighted by Crippen LogP contribution is -2.62. The second-order valence-corrected chi connectivity index (χ2v) is 10.2. The van der Waals surface area contributed by atoms with Gasteiger partial charge in [-0.2, -0.15) is 0 Å². The summed E-state index contributed by atoms with van der Waals surface area (Å²) in [5.74, 6) is 2.40. The third kappa shape index (κ3) is 4.07. The first-order valence-electron chi connectivity index (χ1n) is 12.2. The van der Waals surface area contributed by atoms with Crippen molar-refractivity contribution in [1.29, 1.82) is 0 Å². The smallest absolute Gasteiger partial charge is 0.145 e. The van der Waals surface area contributed by atoms with Gasteiger partial charge >= 0.3 is 0 Å². The maximum Gasteiger partial charge on any atom is 0.145 e. The van der Waals surface area contributed by atoms with Crippen molar-refractivity contribution >= 4 is 5.78 Å². The van der Waals surface area contributed by atoms with E-state index < -0.39 is 0 Å². The average molecular weight is 361 g/mol. The second-order valence-electron chi connectivity index (χ2n) is 10.2. The molecular formula is C25H44O. The van der Waals surface area contributed by atoms with Crippen molar-refractivity contribution in [3.05, 3.63) is 0 Å². The van der Waals surface area contributed by atoms with Gasteiger partial charge in [-0.05, 0) is 63.2 Å². The maximum atomic E-state index is 13.5. The highest BCUT2D eigenvalue weighted by Crippen LogP contribution is 2.66. The summed E-state index contributed by atoms with van der Waals surface area (Å²) >= 11 is 0. The van der Waals surface area contributed by atoms with Crippen LogP contribution in [0.5, 0.6) is 0 Å². The largest absolute Gasteiger partial charge is 0.298 e. The second kappa shape index (κ2) is 9.24. The molecule has 0 aromatic rings. The summed E-state index contributed by atoms with van der Waals surface area (Å²) in [7, 11) is 0. The number of hydrogen-bond acceptors (Lipinski definition) is 1. The van der Waals surface area contributed by atoms with Crippen molar-refractivity contribution < 1.29 is 4.79 Å². The maximum absolute atomic E-state index is 13.5. The minimum Gasteiger partial charge on any atom is -0.298 e. The Labute approximate surface area is 163 Å². The molecule has 3 aliphatic carbocycles. The molecule has 0 amide bonds. The van der Waals surface area contributed by atoms with E-state index in [1.807, 2.05) is 0 Å². The van der Waals surface area contributed by atoms with E-state index in [1.54, 1.807) is 0 Å². The molecule has 2 unspecified atom stereocenters. The van der Waals surface area contributed by atoms with Crippen molar-refractivity contribution in [3.8, 4) is 0 Å². The number of carbonyl (C=O) groups is 1. The van der Waals surface area contributed by atoms with Crippen molar-refractivity contribution in [1.82, 2.24) is 0 Å². The normalized spacial score (nSPS) is 37.2. The minimum absolute atomic E-state index is 0.139. The van der Waals surface area contributed by atoms with Crippen molar-refractivity contribution in [2.75, 3.05) is 0 Å². The Morgan fingerprint density at radius 3 is 2.23 bits per heavy atom. The summed E-state index contributed by atoms with van der Waals surface area (Å²) in [6.45, 7) is 4.59. The van der Waals surface area contributed by atoms with Gasteiger partial charge in [-0.1, -0.05) is 78.1 Å². The summed E-state index contributed by atoms with van der Waals surface area (Å²) in [5, 5.41) is 0. The first-order chi connectivity index (χ1) is 12.7. The van der Waals surface area contributed by atoms with Gasteiger partial charge in [0.05, 0.1) is 0 Å². The summed E-state index contributed by atoms with van der Waals surface area (Å²) < 4.78 is 0. The van der Waals surface area contributed by atoms with Crippen LogP contribution in [0.25, 0.3) is 0 Å². The van der Waals surface area contributed by atoms with E-state index in [0.29, 0.717) is 0 Å². The monoisotopic (exact) mass is 360 g/mol. The number of carbonyl (C=O) groups excluding carboxylic acids is 1. The first kappa shape index (κ1) is 20.4. The Balaban J connectivity index is 1.47. The molecule has 0 radical (unpaired) electrons. The Bertz CT molecular complexity index is 445. The predicted molar refractivity (Wildman–Crippen MR) is 111 cm³/mol. The van der Waals surface area contributed by atoms with Crippen molar-refractivity contribution in [2.24, 2.45) is 22.7 Å². The fourth-order valence-corrected chi connectivity index (χ4v) is 6.86. The summed E-state index contributed by atoms with van der Waals surface area (Å²) in [5.41, 5.74) is 0.279. The number of hydrogen-bond donors (Lipinski definition) is 0. The average Bonchev–Trinajstić information content (AvgIpc) is 2.68. The minimum atomic E-state index is 0.139. The lowest BCUT2D eigenvalue weighted by atomic mass is 9.40. The van der Waals surface area contributed by atoms with E-state index in [0.717, 1.165) is 17.6 Å². The van der Waals surface area contributed by atoms with Crippen molar-refractivity contribution in [2.45, 2.75) is 129 Å². The SMILES string of the molecule is CCCCCCCC1CCC2(CC1)CC1(CCCCC1CCCC)C2=O. The van der Waals surface area contributed by atoms with E-state index >= 15 is 0 Å². The van der Waals surface area contributed by atoms with Gasteiger partial charge in [0.15, 0.2) is 0 Å². The molecule has 3 fully saturated rings. The van der Waals surface area contributed by atoms with Gasteiger partial charge < -0.3 is 0 Å². The fraction of sp³-hybridized carbons (Fsp3) is 0.960. The molecule has 0 N–H and O–H groups in total. The molecule has 0 heterocycles. The molecule has 2 atom stereocenters. The van der Waals surface area contributed by atoms with Gasteiger partial charge in [0.25, 0.3) is 0 Å². The molecule has 0 aromatic heterocycles. The summed E-state index contributed by atoms with van der Waals surface area (Å²) in [6.07, 6.45) is 24.0. The highest BCUT2D eigenvalue weighted by molar-refractivity contribution is 5.97. The molecule has 1 heteroatoms. The van der Waals surface area contributed by atoms with Gasteiger partial charge in [-0.3, -0.25) is 4.79 Å². The third-order valence-electron chi connectivity index (χ3n) is 8.48. The molecule has 26 heavy (non-hydrogen) atoms. The van der Waals surface area contributed by atoms with Crippen LogP contribution in [0.1, 0.15) is 129 Å². The van der Waals surface area contributed by atoms with E-state index in [2.05, 4.69) is 13.8 Å². The van der Waals surface area contributed by atoms with Crippen LogP contribution in [-0.2, 0) is 4.79 Å². The van der Waals surface area contributed by atoms with E-state index in [4.69, 9.17) is 0 Å². The quantitative estimate of drug-likeness (QED) is 0.382. The van der Waals surface area contributed by atoms with Crippen LogP contribution in [-0.4, -0.2) is 5.78 Å². The lowest BCUT2D eigenvalue weighted by Gasteiger charge is -2.61. The molecule has 0 aliphatic heterocycles. The first-order valence-corrected chi connectivity index (χ1v) is 12.2. The van der Waals surface area contributed by atoms with Gasteiger partial charge in [0, 0.05) is 10.8 Å². The van der Waals surface area contributed by atoms with Crippen LogP contribution >= 0.6 is 0 Å². The molecule has 1 nitrogen and oxygen atoms in total. The van der Waals surface area contributed by atoms with Crippen LogP contribution in [0.15, 0.2) is 0 Å². The van der Waals surface area contributed by atoms with Gasteiger partial charge in [0.2, 0.25) is 0 Å². The standard InChI is InChI=1S/C25H44O/c1-3-5-7-8-9-12-21-15-18-24(19-16-21)20-25(23(24)26)17-11-10-14-22(25)13-6-4-2/h21-22H,3-20H2,1-2H3. The van der Waals surface area contributed by atoms with Crippen molar-refractivity contribution in [3.63, 3.8) is 0 Å². The molecule has 3 saturated carbocycles. The summed E-state index contributed by atoms with van der Waals surface area (Å²) in [4.78, 5) is 13.5. The van der Waals surface area contributed by atoms with Gasteiger partial charge in [0.1, 0.15) is 5.78 Å². The molecule has 150 valence electrons. The zero-order chi connectivity index (χ0) is 18.5. The van der Waals surface area contributed by atoms with Crippen LogP contribution in [0.4, 0.5) is 0 Å². The molecule has 0 bridgehead atoms. The van der Waals surface area contributed by atoms with Gasteiger partial charge in [-0.15, -0.1) is 0 Å². The van der Waals surface area contributed by atoms with E-state index in [-0.39, 0.29) is 10.8 Å². The molecular weight excluding hydrogens is 316 g/mol.